The number of ether oxygens (including phenoxy) is 3. The predicted octanol–water partition coefficient (Wildman–Crippen LogP) is 5.02. The Kier molecular flexibility index (Phi) is 6.65. The molecule has 1 saturated heterocycles. The summed E-state index contributed by atoms with van der Waals surface area (Å²) in [4.78, 5) is 13.2. The minimum atomic E-state index is -4.64. The minimum Gasteiger partial charge on any atom is -0.490 e. The van der Waals surface area contributed by atoms with Crippen molar-refractivity contribution < 1.29 is 41.0 Å². The first-order valence-electron chi connectivity index (χ1n) is 10.5. The minimum absolute atomic E-state index is 0.0369. The van der Waals surface area contributed by atoms with Gasteiger partial charge in [0.1, 0.15) is 23.9 Å². The van der Waals surface area contributed by atoms with Crippen LogP contribution < -0.4 is 9.47 Å². The molecule has 182 valence electrons. The Morgan fingerprint density at radius 3 is 2.59 bits per heavy atom. The van der Waals surface area contributed by atoms with E-state index in [1.54, 1.807) is 6.92 Å². The van der Waals surface area contributed by atoms with Gasteiger partial charge in [0.05, 0.1) is 18.9 Å². The molecule has 0 saturated carbocycles. The molecule has 1 fully saturated rings. The van der Waals surface area contributed by atoms with Gasteiger partial charge < -0.3 is 18.6 Å². The molecule has 1 aliphatic rings. The highest BCUT2D eigenvalue weighted by atomic mass is 19.4. The average Bonchev–Trinajstić information content (AvgIpc) is 3.41. The first-order valence-corrected chi connectivity index (χ1v) is 10.5. The fourth-order valence-electron chi connectivity index (χ4n) is 3.94. The van der Waals surface area contributed by atoms with Crippen LogP contribution in [0.4, 0.5) is 17.6 Å². The zero-order valence-corrected chi connectivity index (χ0v) is 18.4. The highest BCUT2D eigenvalue weighted by Gasteiger charge is 2.50. The van der Waals surface area contributed by atoms with Crippen molar-refractivity contribution in [1.82, 2.24) is 9.78 Å². The van der Waals surface area contributed by atoms with Crippen LogP contribution in [0.2, 0.25) is 0 Å². The summed E-state index contributed by atoms with van der Waals surface area (Å²) in [5, 5.41) is 4.23. The SMILES string of the molecule is COc1c(C2CCCOC2C(F)(F)F)nn(C(=O)c2ccoc2C)c1OCc1ccc(F)cc1. The number of carbonyl (C=O) groups is 1. The van der Waals surface area contributed by atoms with Crippen molar-refractivity contribution in [2.75, 3.05) is 13.7 Å². The maximum Gasteiger partial charge on any atom is 0.415 e. The van der Waals surface area contributed by atoms with E-state index in [1.165, 1.54) is 43.7 Å². The fraction of sp³-hybridized carbons (Fsp3) is 0.391. The van der Waals surface area contributed by atoms with Crippen LogP contribution >= 0.6 is 0 Å². The molecule has 2 aromatic heterocycles. The first-order chi connectivity index (χ1) is 16.2. The van der Waals surface area contributed by atoms with Crippen molar-refractivity contribution in [3.05, 3.63) is 65.0 Å². The predicted molar refractivity (Wildman–Crippen MR) is 110 cm³/mol. The van der Waals surface area contributed by atoms with Gasteiger partial charge in [0.15, 0.2) is 6.10 Å². The van der Waals surface area contributed by atoms with E-state index in [9.17, 15) is 22.4 Å². The number of carbonyl (C=O) groups excluding carboxylic acids is 1. The van der Waals surface area contributed by atoms with Crippen molar-refractivity contribution in [2.45, 2.75) is 44.6 Å². The molecule has 0 spiro atoms. The quantitative estimate of drug-likeness (QED) is 0.459. The number of furan rings is 1. The van der Waals surface area contributed by atoms with Crippen LogP contribution in [0.15, 0.2) is 41.0 Å². The third-order valence-corrected chi connectivity index (χ3v) is 5.60. The fourth-order valence-corrected chi connectivity index (χ4v) is 3.94. The van der Waals surface area contributed by atoms with Crippen LogP contribution in [0.25, 0.3) is 0 Å². The molecule has 3 heterocycles. The van der Waals surface area contributed by atoms with E-state index in [1.807, 2.05) is 0 Å². The van der Waals surface area contributed by atoms with Crippen LogP contribution in [-0.4, -0.2) is 41.7 Å². The summed E-state index contributed by atoms with van der Waals surface area (Å²) >= 11 is 0. The molecule has 11 heteroatoms. The van der Waals surface area contributed by atoms with E-state index in [-0.39, 0.29) is 42.5 Å². The smallest absolute Gasteiger partial charge is 0.415 e. The Morgan fingerprint density at radius 2 is 1.97 bits per heavy atom. The Labute approximate surface area is 192 Å². The molecule has 0 amide bonds. The standard InChI is InChI=1S/C23H22F4N2O5/c1-13-16(9-11-32-13)21(30)29-22(34-12-14-5-7-15(24)8-6-14)19(31-2)18(28-29)17-4-3-10-33-20(17)23(25,26)27/h5-9,11,17,20H,3-4,10,12H2,1-2H3. The maximum atomic E-state index is 13.7. The summed E-state index contributed by atoms with van der Waals surface area (Å²) in [6.45, 7) is 1.43. The number of aromatic nitrogens is 2. The number of hydrogen-bond acceptors (Lipinski definition) is 6. The number of methoxy groups -OCH3 is 1. The zero-order chi connectivity index (χ0) is 24.5. The number of halogens is 4. The molecule has 0 N–H and O–H groups in total. The average molecular weight is 482 g/mol. The molecule has 0 radical (unpaired) electrons. The van der Waals surface area contributed by atoms with Crippen LogP contribution in [0.5, 0.6) is 11.6 Å². The summed E-state index contributed by atoms with van der Waals surface area (Å²) in [7, 11) is 1.26. The van der Waals surface area contributed by atoms with Crippen LogP contribution in [0.3, 0.4) is 0 Å². The molecule has 1 aliphatic heterocycles. The molecular weight excluding hydrogens is 460 g/mol. The van der Waals surface area contributed by atoms with Crippen molar-refractivity contribution >= 4 is 5.91 Å². The molecule has 2 unspecified atom stereocenters. The lowest BCUT2D eigenvalue weighted by molar-refractivity contribution is -0.236. The van der Waals surface area contributed by atoms with Gasteiger partial charge in [-0.2, -0.15) is 23.0 Å². The number of nitrogens with zero attached hydrogens (tertiary/aromatic N) is 2. The third-order valence-electron chi connectivity index (χ3n) is 5.60. The number of hydrogen-bond donors (Lipinski definition) is 0. The summed E-state index contributed by atoms with van der Waals surface area (Å²) in [5.41, 5.74) is 0.641. The molecule has 2 atom stereocenters. The maximum absolute atomic E-state index is 13.7. The number of aryl methyl sites for hydroxylation is 1. The normalized spacial score (nSPS) is 18.6. The number of alkyl halides is 3. The second-order valence-electron chi connectivity index (χ2n) is 7.83. The van der Waals surface area contributed by atoms with E-state index in [0.717, 1.165) is 4.68 Å². The van der Waals surface area contributed by atoms with Gasteiger partial charge in [-0.1, -0.05) is 12.1 Å². The second-order valence-corrected chi connectivity index (χ2v) is 7.83. The third kappa shape index (κ3) is 4.65. The summed E-state index contributed by atoms with van der Waals surface area (Å²) in [6, 6.07) is 6.88. The van der Waals surface area contributed by atoms with Gasteiger partial charge in [-0.05, 0) is 43.5 Å². The first kappa shape index (κ1) is 23.8. The largest absolute Gasteiger partial charge is 0.490 e. The lowest BCUT2D eigenvalue weighted by atomic mass is 9.90. The van der Waals surface area contributed by atoms with Gasteiger partial charge in [-0.15, -0.1) is 0 Å². The molecule has 0 bridgehead atoms. The molecule has 1 aromatic carbocycles. The van der Waals surface area contributed by atoms with Gasteiger partial charge in [0.2, 0.25) is 5.75 Å². The molecule has 34 heavy (non-hydrogen) atoms. The summed E-state index contributed by atoms with van der Waals surface area (Å²) < 4.78 is 76.7. The second kappa shape index (κ2) is 9.49. The Morgan fingerprint density at radius 1 is 1.24 bits per heavy atom. The molecule has 3 aromatic rings. The number of rotatable bonds is 6. The molecule has 0 aliphatic carbocycles. The van der Waals surface area contributed by atoms with Gasteiger partial charge in [0.25, 0.3) is 11.8 Å². The summed E-state index contributed by atoms with van der Waals surface area (Å²) in [5.74, 6) is -2.25. The lowest BCUT2D eigenvalue weighted by Crippen LogP contribution is -2.40. The van der Waals surface area contributed by atoms with Crippen molar-refractivity contribution in [1.29, 1.82) is 0 Å². The zero-order valence-electron chi connectivity index (χ0n) is 18.4. The Bertz CT molecular complexity index is 1150. The highest BCUT2D eigenvalue weighted by Crippen LogP contribution is 2.45. The topological polar surface area (TPSA) is 75.7 Å². The van der Waals surface area contributed by atoms with Crippen molar-refractivity contribution in [2.24, 2.45) is 0 Å². The van der Waals surface area contributed by atoms with Crippen molar-refractivity contribution in [3.8, 4) is 11.6 Å². The van der Waals surface area contributed by atoms with Crippen LogP contribution in [0.1, 0.15) is 46.1 Å². The summed E-state index contributed by atoms with van der Waals surface area (Å²) in [6.07, 6.45) is -4.91. The van der Waals surface area contributed by atoms with E-state index in [2.05, 4.69) is 5.10 Å². The van der Waals surface area contributed by atoms with Gasteiger partial charge in [-0.25, -0.2) is 4.39 Å². The Hall–Kier alpha value is -3.34. The molecule has 7 nitrogen and oxygen atoms in total. The highest BCUT2D eigenvalue weighted by molar-refractivity contribution is 5.97. The monoisotopic (exact) mass is 482 g/mol. The van der Waals surface area contributed by atoms with E-state index < -0.39 is 29.9 Å². The lowest BCUT2D eigenvalue weighted by Gasteiger charge is -2.32. The van der Waals surface area contributed by atoms with Gasteiger partial charge >= 0.3 is 6.18 Å². The van der Waals surface area contributed by atoms with E-state index >= 15 is 0 Å². The Balaban J connectivity index is 1.78. The van der Waals surface area contributed by atoms with Crippen LogP contribution in [-0.2, 0) is 11.3 Å². The van der Waals surface area contributed by atoms with E-state index in [4.69, 9.17) is 18.6 Å². The van der Waals surface area contributed by atoms with E-state index in [0.29, 0.717) is 17.7 Å². The van der Waals surface area contributed by atoms with Crippen molar-refractivity contribution in [3.63, 3.8) is 0 Å². The molecular formula is C23H22F4N2O5. The van der Waals surface area contributed by atoms with Gasteiger partial charge in [-0.3, -0.25) is 4.79 Å². The molecule has 4 rings (SSSR count). The van der Waals surface area contributed by atoms with Crippen LogP contribution in [0, 0.1) is 12.7 Å². The van der Waals surface area contributed by atoms with Gasteiger partial charge in [0, 0.05) is 12.5 Å². The number of benzene rings is 1.